The van der Waals surface area contributed by atoms with Crippen LogP contribution in [0.1, 0.15) is 10.4 Å². The third-order valence-electron chi connectivity index (χ3n) is 2.45. The highest BCUT2D eigenvalue weighted by atomic mass is 35.5. The number of halogens is 1. The van der Waals surface area contributed by atoms with E-state index in [0.717, 1.165) is 10.4 Å². The molecule has 0 unspecified atom stereocenters. The summed E-state index contributed by atoms with van der Waals surface area (Å²) >= 11 is 7.14. The van der Waals surface area contributed by atoms with E-state index in [0.29, 0.717) is 10.0 Å². The smallest absolute Gasteiger partial charge is 0.240 e. The molecule has 0 saturated heterocycles. The zero-order valence-electron chi connectivity index (χ0n) is 10.2. The van der Waals surface area contributed by atoms with E-state index in [1.165, 1.54) is 17.4 Å². The van der Waals surface area contributed by atoms with Gasteiger partial charge in [-0.25, -0.2) is 13.1 Å². The van der Waals surface area contributed by atoms with Crippen LogP contribution < -0.4 is 10.5 Å². The molecule has 2 aromatic rings. The largest absolute Gasteiger partial charge is 0.399 e. The molecule has 0 radical (unpaired) electrons. The van der Waals surface area contributed by atoms with E-state index >= 15 is 0 Å². The van der Waals surface area contributed by atoms with Gasteiger partial charge in [-0.2, -0.15) is 0 Å². The first kappa shape index (κ1) is 14.3. The molecule has 1 aromatic heterocycles. The zero-order valence-corrected chi connectivity index (χ0v) is 12.6. The SMILES string of the molecule is Cc1cc(N)cc(S(=O)(=O)NCc2ccc(Cl)s2)c1. The lowest BCUT2D eigenvalue weighted by molar-refractivity contribution is 0.582. The Labute approximate surface area is 121 Å². The quantitative estimate of drug-likeness (QED) is 0.852. The molecule has 0 aliphatic carbocycles. The van der Waals surface area contributed by atoms with E-state index in [-0.39, 0.29) is 11.4 Å². The minimum Gasteiger partial charge on any atom is -0.399 e. The number of thiophene rings is 1. The summed E-state index contributed by atoms with van der Waals surface area (Å²) in [6.45, 7) is 2.02. The van der Waals surface area contributed by atoms with Crippen molar-refractivity contribution >= 4 is 38.6 Å². The van der Waals surface area contributed by atoms with Crippen LogP contribution in [0.4, 0.5) is 5.69 Å². The van der Waals surface area contributed by atoms with Crippen molar-refractivity contribution in [2.45, 2.75) is 18.4 Å². The van der Waals surface area contributed by atoms with Crippen LogP contribution in [-0.4, -0.2) is 8.42 Å². The van der Waals surface area contributed by atoms with Crippen LogP contribution in [-0.2, 0) is 16.6 Å². The molecule has 0 bridgehead atoms. The van der Waals surface area contributed by atoms with Gasteiger partial charge >= 0.3 is 0 Å². The highest BCUT2D eigenvalue weighted by molar-refractivity contribution is 7.89. The molecule has 0 amide bonds. The Morgan fingerprint density at radius 3 is 2.63 bits per heavy atom. The maximum atomic E-state index is 12.1. The van der Waals surface area contributed by atoms with Gasteiger partial charge in [-0.3, -0.25) is 0 Å². The number of nitrogens with two attached hydrogens (primary N) is 1. The fraction of sp³-hybridized carbons (Fsp3) is 0.167. The second-order valence-electron chi connectivity index (χ2n) is 4.11. The van der Waals surface area contributed by atoms with Crippen LogP contribution in [0, 0.1) is 6.92 Å². The highest BCUT2D eigenvalue weighted by Gasteiger charge is 2.15. The molecule has 19 heavy (non-hydrogen) atoms. The van der Waals surface area contributed by atoms with Crippen molar-refractivity contribution < 1.29 is 8.42 Å². The van der Waals surface area contributed by atoms with Gasteiger partial charge in [-0.05, 0) is 42.8 Å². The van der Waals surface area contributed by atoms with Crippen molar-refractivity contribution in [1.82, 2.24) is 4.72 Å². The molecule has 3 N–H and O–H groups in total. The molecule has 0 saturated carbocycles. The molecule has 7 heteroatoms. The summed E-state index contributed by atoms with van der Waals surface area (Å²) in [5, 5.41) is 0. The third kappa shape index (κ3) is 3.70. The van der Waals surface area contributed by atoms with E-state index in [4.69, 9.17) is 17.3 Å². The second-order valence-corrected chi connectivity index (χ2v) is 7.68. The Morgan fingerprint density at radius 2 is 2.05 bits per heavy atom. The minimum absolute atomic E-state index is 0.174. The normalized spacial score (nSPS) is 11.7. The van der Waals surface area contributed by atoms with Gasteiger partial charge in [0.25, 0.3) is 0 Å². The Hall–Kier alpha value is -1.08. The molecule has 0 atom stereocenters. The summed E-state index contributed by atoms with van der Waals surface area (Å²) in [5.74, 6) is 0. The molecule has 4 nitrogen and oxygen atoms in total. The van der Waals surface area contributed by atoms with Gasteiger partial charge in [0.15, 0.2) is 0 Å². The molecule has 2 rings (SSSR count). The Kier molecular flexibility index (Phi) is 4.15. The van der Waals surface area contributed by atoms with Crippen molar-refractivity contribution in [2.75, 3.05) is 5.73 Å². The topological polar surface area (TPSA) is 72.2 Å². The molecule has 0 aliphatic rings. The van der Waals surface area contributed by atoms with E-state index in [9.17, 15) is 8.42 Å². The first-order valence-corrected chi connectivity index (χ1v) is 8.15. The molecular formula is C12H13ClN2O2S2. The standard InChI is InChI=1S/C12H13ClN2O2S2/c1-8-4-9(14)6-11(5-8)19(16,17)15-7-10-2-3-12(13)18-10/h2-6,15H,7,14H2,1H3. The van der Waals surface area contributed by atoms with E-state index in [2.05, 4.69) is 4.72 Å². The van der Waals surface area contributed by atoms with E-state index in [1.54, 1.807) is 31.2 Å². The Morgan fingerprint density at radius 1 is 1.32 bits per heavy atom. The summed E-state index contributed by atoms with van der Waals surface area (Å²) in [7, 11) is -3.56. The lowest BCUT2D eigenvalue weighted by Gasteiger charge is -2.07. The number of sulfonamides is 1. The second kappa shape index (κ2) is 5.50. The predicted molar refractivity (Wildman–Crippen MR) is 78.9 cm³/mol. The minimum atomic E-state index is -3.56. The first-order chi connectivity index (χ1) is 8.87. The number of hydrogen-bond donors (Lipinski definition) is 2. The molecule has 1 heterocycles. The summed E-state index contributed by atoms with van der Waals surface area (Å²) in [5.41, 5.74) is 6.89. The van der Waals surface area contributed by atoms with E-state index in [1.807, 2.05) is 0 Å². The van der Waals surface area contributed by atoms with Crippen molar-refractivity contribution in [3.8, 4) is 0 Å². The first-order valence-electron chi connectivity index (χ1n) is 5.48. The lowest BCUT2D eigenvalue weighted by atomic mass is 10.2. The van der Waals surface area contributed by atoms with Gasteiger partial charge in [-0.1, -0.05) is 11.6 Å². The van der Waals surface area contributed by atoms with Crippen molar-refractivity contribution in [2.24, 2.45) is 0 Å². The van der Waals surface area contributed by atoms with Crippen LogP contribution in [0.2, 0.25) is 4.34 Å². The maximum Gasteiger partial charge on any atom is 0.240 e. The number of hydrogen-bond acceptors (Lipinski definition) is 4. The van der Waals surface area contributed by atoms with Gasteiger partial charge in [-0.15, -0.1) is 11.3 Å². The van der Waals surface area contributed by atoms with Gasteiger partial charge in [0, 0.05) is 17.1 Å². The number of nitrogens with one attached hydrogen (secondary N) is 1. The van der Waals surface area contributed by atoms with Crippen molar-refractivity contribution in [3.63, 3.8) is 0 Å². The molecule has 0 spiro atoms. The average Bonchev–Trinajstić information content (AvgIpc) is 2.71. The predicted octanol–water partition coefficient (Wildman–Crippen LogP) is 2.77. The molecule has 0 aliphatic heterocycles. The number of aryl methyl sites for hydroxylation is 1. The van der Waals surface area contributed by atoms with Gasteiger partial charge in [0.2, 0.25) is 10.0 Å². The van der Waals surface area contributed by atoms with Crippen LogP contribution in [0.25, 0.3) is 0 Å². The van der Waals surface area contributed by atoms with Crippen LogP contribution in [0.5, 0.6) is 0 Å². The molecule has 0 fully saturated rings. The summed E-state index contributed by atoms with van der Waals surface area (Å²) in [4.78, 5) is 1.03. The van der Waals surface area contributed by atoms with Gasteiger partial charge in [0.1, 0.15) is 0 Å². The van der Waals surface area contributed by atoms with Crippen LogP contribution in [0.15, 0.2) is 35.2 Å². The zero-order chi connectivity index (χ0) is 14.0. The molecule has 1 aromatic carbocycles. The number of anilines is 1. The van der Waals surface area contributed by atoms with Gasteiger partial charge in [0.05, 0.1) is 9.23 Å². The van der Waals surface area contributed by atoms with Crippen molar-refractivity contribution in [1.29, 1.82) is 0 Å². The fourth-order valence-corrected chi connectivity index (χ4v) is 3.89. The average molecular weight is 317 g/mol. The molecular weight excluding hydrogens is 304 g/mol. The maximum absolute atomic E-state index is 12.1. The van der Waals surface area contributed by atoms with Crippen molar-refractivity contribution in [3.05, 3.63) is 45.1 Å². The Balaban J connectivity index is 2.18. The van der Waals surface area contributed by atoms with Crippen LogP contribution in [0.3, 0.4) is 0 Å². The lowest BCUT2D eigenvalue weighted by Crippen LogP contribution is -2.23. The summed E-state index contributed by atoms with van der Waals surface area (Å²) < 4.78 is 27.4. The van der Waals surface area contributed by atoms with Gasteiger partial charge < -0.3 is 5.73 Å². The Bertz CT molecular complexity index is 675. The monoisotopic (exact) mass is 316 g/mol. The highest BCUT2D eigenvalue weighted by Crippen LogP contribution is 2.22. The number of nitrogen functional groups attached to an aromatic ring is 1. The fourth-order valence-electron chi connectivity index (χ4n) is 1.63. The molecule has 102 valence electrons. The number of benzene rings is 1. The summed E-state index contributed by atoms with van der Waals surface area (Å²) in [6.07, 6.45) is 0. The van der Waals surface area contributed by atoms with E-state index < -0.39 is 10.0 Å². The number of rotatable bonds is 4. The van der Waals surface area contributed by atoms with Crippen LogP contribution >= 0.6 is 22.9 Å². The summed E-state index contributed by atoms with van der Waals surface area (Å²) in [6, 6.07) is 8.27. The third-order valence-corrected chi connectivity index (χ3v) is 5.06.